The minimum absolute atomic E-state index is 0.353. The van der Waals surface area contributed by atoms with Gasteiger partial charge in [0.2, 0.25) is 5.88 Å². The van der Waals surface area contributed by atoms with E-state index in [0.29, 0.717) is 33.8 Å². The van der Waals surface area contributed by atoms with Crippen molar-refractivity contribution in [3.8, 4) is 17.4 Å². The molecule has 2 amide bonds. The molecule has 8 nitrogen and oxygen atoms in total. The Labute approximate surface area is 196 Å². The van der Waals surface area contributed by atoms with E-state index in [2.05, 4.69) is 25.9 Å². The number of nitrogens with one attached hydrogen (secondary N) is 2. The van der Waals surface area contributed by atoms with Crippen LogP contribution in [0.15, 0.2) is 54.6 Å². The Kier molecular flexibility index (Phi) is 6.28. The summed E-state index contributed by atoms with van der Waals surface area (Å²) >= 11 is 6.10. The Bertz CT molecular complexity index is 1300. The Morgan fingerprint density at radius 3 is 2.21 bits per heavy atom. The highest BCUT2D eigenvalue weighted by Crippen LogP contribution is 2.23. The number of aryl methyl sites for hydroxylation is 2. The molecule has 4 rings (SSSR count). The van der Waals surface area contributed by atoms with Crippen LogP contribution in [0.5, 0.6) is 11.6 Å². The lowest BCUT2D eigenvalue weighted by Crippen LogP contribution is -2.19. The number of nitrogens with zero attached hydrogens (tertiary/aromatic N) is 4. The average Bonchev–Trinajstić information content (AvgIpc) is 3.05. The number of amides is 2. The maximum atomic E-state index is 12.2. The normalized spacial score (nSPS) is 10.7. The van der Waals surface area contributed by atoms with Gasteiger partial charge >= 0.3 is 6.03 Å². The van der Waals surface area contributed by atoms with Crippen molar-refractivity contribution in [2.45, 2.75) is 27.7 Å². The molecule has 0 bridgehead atoms. The van der Waals surface area contributed by atoms with Crippen LogP contribution in [-0.4, -0.2) is 26.0 Å². The molecule has 0 aliphatic rings. The van der Waals surface area contributed by atoms with E-state index in [0.717, 1.165) is 22.5 Å². The van der Waals surface area contributed by atoms with Crippen LogP contribution in [-0.2, 0) is 0 Å². The molecule has 4 aromatic rings. The van der Waals surface area contributed by atoms with E-state index in [1.54, 1.807) is 53.2 Å². The molecule has 0 saturated heterocycles. The van der Waals surface area contributed by atoms with Crippen molar-refractivity contribution < 1.29 is 9.53 Å². The van der Waals surface area contributed by atoms with Crippen LogP contribution in [0.3, 0.4) is 0 Å². The second-order valence-corrected chi connectivity index (χ2v) is 8.01. The van der Waals surface area contributed by atoms with Crippen molar-refractivity contribution in [1.82, 2.24) is 20.0 Å². The smallest absolute Gasteiger partial charge is 0.323 e. The Hall–Kier alpha value is -3.91. The number of aromatic nitrogens is 4. The molecule has 2 aromatic heterocycles. The number of hydrogen-bond donors (Lipinski definition) is 2. The standard InChI is InChI=1S/C24H23ClN6O2/c1-14-5-6-19(13-21(14)25)27-24(32)26-18-7-9-20(10-8-18)33-23-12-11-22(28-29-23)31-17(4)15(2)16(3)30-31/h5-13H,1-4H3,(H2,26,27,32). The largest absolute Gasteiger partial charge is 0.438 e. The third-order valence-corrected chi connectivity index (χ3v) is 5.67. The van der Waals surface area contributed by atoms with E-state index in [9.17, 15) is 4.79 Å². The molecule has 2 heterocycles. The van der Waals surface area contributed by atoms with Gasteiger partial charge in [0.05, 0.1) is 5.69 Å². The number of urea groups is 1. The average molecular weight is 463 g/mol. The number of carbonyl (C=O) groups excluding carboxylic acids is 1. The van der Waals surface area contributed by atoms with Gasteiger partial charge in [-0.05, 0) is 81.3 Å². The SMILES string of the molecule is Cc1ccc(NC(=O)Nc2ccc(Oc3ccc(-n4nc(C)c(C)c4C)nn3)cc2)cc1Cl. The van der Waals surface area contributed by atoms with Gasteiger partial charge in [-0.1, -0.05) is 17.7 Å². The van der Waals surface area contributed by atoms with Crippen LogP contribution in [0.1, 0.15) is 22.5 Å². The van der Waals surface area contributed by atoms with Gasteiger partial charge in [-0.15, -0.1) is 10.2 Å². The molecule has 0 atom stereocenters. The van der Waals surface area contributed by atoms with Gasteiger partial charge in [0, 0.05) is 28.2 Å². The topological polar surface area (TPSA) is 94.0 Å². The molecule has 0 aliphatic heterocycles. The van der Waals surface area contributed by atoms with E-state index in [1.165, 1.54) is 0 Å². The summed E-state index contributed by atoms with van der Waals surface area (Å²) in [7, 11) is 0. The fourth-order valence-corrected chi connectivity index (χ4v) is 3.30. The quantitative estimate of drug-likeness (QED) is 0.380. The zero-order valence-corrected chi connectivity index (χ0v) is 19.4. The van der Waals surface area contributed by atoms with Crippen molar-refractivity contribution in [1.29, 1.82) is 0 Å². The minimum Gasteiger partial charge on any atom is -0.438 e. The van der Waals surface area contributed by atoms with Gasteiger partial charge in [-0.2, -0.15) is 5.10 Å². The van der Waals surface area contributed by atoms with Gasteiger partial charge in [-0.3, -0.25) is 0 Å². The molecule has 0 fully saturated rings. The summed E-state index contributed by atoms with van der Waals surface area (Å²) in [6, 6.07) is 15.4. The number of ether oxygens (including phenoxy) is 1. The molecule has 2 N–H and O–H groups in total. The first-order valence-corrected chi connectivity index (χ1v) is 10.7. The lowest BCUT2D eigenvalue weighted by molar-refractivity contribution is 0.262. The van der Waals surface area contributed by atoms with Gasteiger partial charge in [0.1, 0.15) is 5.75 Å². The zero-order chi connectivity index (χ0) is 23.5. The Balaban J connectivity index is 1.36. The molecule has 0 unspecified atom stereocenters. The van der Waals surface area contributed by atoms with E-state index in [-0.39, 0.29) is 6.03 Å². The summed E-state index contributed by atoms with van der Waals surface area (Å²) in [5, 5.41) is 19.0. The minimum atomic E-state index is -0.371. The molecular weight excluding hydrogens is 440 g/mol. The van der Waals surface area contributed by atoms with Gasteiger partial charge in [-0.25, -0.2) is 9.48 Å². The van der Waals surface area contributed by atoms with Crippen molar-refractivity contribution in [2.75, 3.05) is 10.6 Å². The summed E-state index contributed by atoms with van der Waals surface area (Å²) in [4.78, 5) is 12.2. The number of carbonyl (C=O) groups is 1. The second kappa shape index (κ2) is 9.30. The van der Waals surface area contributed by atoms with E-state index in [1.807, 2.05) is 33.8 Å². The van der Waals surface area contributed by atoms with Crippen LogP contribution in [0.2, 0.25) is 5.02 Å². The first-order valence-electron chi connectivity index (χ1n) is 10.3. The third-order valence-electron chi connectivity index (χ3n) is 5.26. The van der Waals surface area contributed by atoms with E-state index in [4.69, 9.17) is 16.3 Å². The van der Waals surface area contributed by atoms with Gasteiger partial charge in [0.25, 0.3) is 0 Å². The predicted octanol–water partition coefficient (Wildman–Crippen LogP) is 5.99. The molecule has 168 valence electrons. The number of halogens is 1. The van der Waals surface area contributed by atoms with Crippen LogP contribution in [0.4, 0.5) is 16.2 Å². The van der Waals surface area contributed by atoms with Crippen molar-refractivity contribution in [3.05, 3.63) is 82.1 Å². The molecule has 2 aromatic carbocycles. The summed E-state index contributed by atoms with van der Waals surface area (Å²) in [5.41, 5.74) is 5.27. The molecule has 33 heavy (non-hydrogen) atoms. The van der Waals surface area contributed by atoms with Gasteiger partial charge in [0.15, 0.2) is 5.82 Å². The van der Waals surface area contributed by atoms with Gasteiger partial charge < -0.3 is 15.4 Å². The van der Waals surface area contributed by atoms with Crippen molar-refractivity contribution in [2.24, 2.45) is 0 Å². The number of hydrogen-bond acceptors (Lipinski definition) is 5. The Morgan fingerprint density at radius 1 is 0.909 bits per heavy atom. The van der Waals surface area contributed by atoms with Crippen LogP contribution in [0, 0.1) is 27.7 Å². The van der Waals surface area contributed by atoms with Crippen molar-refractivity contribution >= 4 is 29.0 Å². The molecule has 0 spiro atoms. The fraction of sp³-hybridized carbons (Fsp3) is 0.167. The zero-order valence-electron chi connectivity index (χ0n) is 18.7. The predicted molar refractivity (Wildman–Crippen MR) is 129 cm³/mol. The Morgan fingerprint density at radius 2 is 1.61 bits per heavy atom. The number of anilines is 2. The fourth-order valence-electron chi connectivity index (χ4n) is 3.12. The number of rotatable bonds is 5. The molecule has 0 aliphatic carbocycles. The second-order valence-electron chi connectivity index (χ2n) is 7.61. The lowest BCUT2D eigenvalue weighted by atomic mass is 10.2. The molecular formula is C24H23ClN6O2. The lowest BCUT2D eigenvalue weighted by Gasteiger charge is -2.10. The van der Waals surface area contributed by atoms with Crippen molar-refractivity contribution in [3.63, 3.8) is 0 Å². The first kappa shape index (κ1) is 22.3. The highest BCUT2D eigenvalue weighted by molar-refractivity contribution is 6.31. The van der Waals surface area contributed by atoms with E-state index < -0.39 is 0 Å². The first-order chi connectivity index (χ1) is 15.8. The molecule has 9 heteroatoms. The van der Waals surface area contributed by atoms with Crippen LogP contribution >= 0.6 is 11.6 Å². The summed E-state index contributed by atoms with van der Waals surface area (Å²) in [6.45, 7) is 7.88. The molecule has 0 saturated carbocycles. The molecule has 0 radical (unpaired) electrons. The highest BCUT2D eigenvalue weighted by Gasteiger charge is 2.11. The maximum Gasteiger partial charge on any atom is 0.323 e. The summed E-state index contributed by atoms with van der Waals surface area (Å²) in [5.74, 6) is 1.54. The highest BCUT2D eigenvalue weighted by atomic mass is 35.5. The van der Waals surface area contributed by atoms with E-state index >= 15 is 0 Å². The summed E-state index contributed by atoms with van der Waals surface area (Å²) in [6.07, 6.45) is 0. The summed E-state index contributed by atoms with van der Waals surface area (Å²) < 4.78 is 7.52. The number of benzene rings is 2. The van der Waals surface area contributed by atoms with Crippen LogP contribution in [0.25, 0.3) is 5.82 Å². The van der Waals surface area contributed by atoms with Crippen LogP contribution < -0.4 is 15.4 Å². The maximum absolute atomic E-state index is 12.2. The third kappa shape index (κ3) is 5.12. The monoisotopic (exact) mass is 462 g/mol.